The standard InChI is InChI=1S/C15H23N5O.ClH/c1-4-7-16-13-11-14(18-12(17-11)9(2)3)20(15(21)19-13)8-10-5-6-10;/h9-10,16H,4-8H2,1-3H3,(H,19,21);1H. The van der Waals surface area contributed by atoms with Crippen LogP contribution in [0.15, 0.2) is 4.79 Å². The number of rotatable bonds is 6. The molecule has 0 atom stereocenters. The molecule has 0 radical (unpaired) electrons. The predicted octanol–water partition coefficient (Wildman–Crippen LogP) is 2.85. The van der Waals surface area contributed by atoms with Crippen molar-refractivity contribution in [1.82, 2.24) is 19.5 Å². The number of fused-ring (bicyclic) bond motifs is 1. The van der Waals surface area contributed by atoms with Crippen LogP contribution in [0.5, 0.6) is 0 Å². The fourth-order valence-electron chi connectivity index (χ4n) is 2.40. The molecule has 2 heterocycles. The van der Waals surface area contributed by atoms with Crippen molar-refractivity contribution in [2.75, 3.05) is 11.9 Å². The van der Waals surface area contributed by atoms with Crippen molar-refractivity contribution in [3.05, 3.63) is 16.3 Å². The number of hydrogen-bond donors (Lipinski definition) is 2. The number of hydrogen-bond acceptors (Lipinski definition) is 4. The molecule has 0 unspecified atom stereocenters. The number of anilines is 1. The second-order valence-corrected chi connectivity index (χ2v) is 6.19. The van der Waals surface area contributed by atoms with Crippen LogP contribution in [-0.2, 0) is 6.54 Å². The second-order valence-electron chi connectivity index (χ2n) is 6.19. The maximum absolute atomic E-state index is 12.4. The third-order valence-corrected chi connectivity index (χ3v) is 3.83. The van der Waals surface area contributed by atoms with Gasteiger partial charge in [-0.15, -0.1) is 12.4 Å². The Balaban J connectivity index is 0.00000176. The molecule has 3 aliphatic rings. The molecule has 2 N–H and O–H groups in total. The molecule has 2 aliphatic heterocycles. The van der Waals surface area contributed by atoms with Gasteiger partial charge in [-0.2, -0.15) is 0 Å². The van der Waals surface area contributed by atoms with Gasteiger partial charge in [-0.25, -0.2) is 14.8 Å². The zero-order chi connectivity index (χ0) is 15.0. The molecular formula is C15H24ClN5O. The Labute approximate surface area is 136 Å². The summed E-state index contributed by atoms with van der Waals surface area (Å²) in [6, 6.07) is 0. The van der Waals surface area contributed by atoms with E-state index >= 15 is 0 Å². The monoisotopic (exact) mass is 325 g/mol. The summed E-state index contributed by atoms with van der Waals surface area (Å²) in [6.07, 6.45) is 3.40. The van der Waals surface area contributed by atoms with Crippen molar-refractivity contribution in [3.8, 4) is 11.5 Å². The van der Waals surface area contributed by atoms with E-state index in [1.807, 2.05) is 0 Å². The molecule has 1 saturated carbocycles. The zero-order valence-corrected chi connectivity index (χ0v) is 14.2. The summed E-state index contributed by atoms with van der Waals surface area (Å²) >= 11 is 0. The minimum Gasteiger partial charge on any atom is -0.370 e. The molecule has 0 aromatic carbocycles. The maximum Gasteiger partial charge on any atom is 0.328 e. The van der Waals surface area contributed by atoms with Crippen LogP contribution in [0.25, 0.3) is 11.5 Å². The molecule has 0 bridgehead atoms. The number of nitrogens with zero attached hydrogens (tertiary/aromatic N) is 3. The number of nitrogens with one attached hydrogen (secondary N) is 2. The van der Waals surface area contributed by atoms with Crippen LogP contribution in [-0.4, -0.2) is 26.1 Å². The van der Waals surface area contributed by atoms with Gasteiger partial charge in [0.1, 0.15) is 17.3 Å². The van der Waals surface area contributed by atoms with E-state index < -0.39 is 0 Å². The first kappa shape index (κ1) is 16.8. The Kier molecular flexibility index (Phi) is 5.11. The summed E-state index contributed by atoms with van der Waals surface area (Å²) in [5.41, 5.74) is 0.690. The van der Waals surface area contributed by atoms with Gasteiger partial charge in [0.25, 0.3) is 0 Å². The minimum absolute atomic E-state index is 0. The number of halogens is 1. The molecule has 0 saturated heterocycles. The predicted molar refractivity (Wildman–Crippen MR) is 90.1 cm³/mol. The van der Waals surface area contributed by atoms with Gasteiger partial charge in [0.2, 0.25) is 0 Å². The SMILES string of the molecule is CCCNc1[nH]c(=O)n(CC2CC2)c2nc(C(C)C)nc1-2.Cl. The molecule has 0 aromatic heterocycles. The fourth-order valence-corrected chi connectivity index (χ4v) is 2.40. The van der Waals surface area contributed by atoms with Gasteiger partial charge >= 0.3 is 5.69 Å². The maximum atomic E-state index is 12.4. The zero-order valence-electron chi connectivity index (χ0n) is 13.3. The van der Waals surface area contributed by atoms with Crippen molar-refractivity contribution < 1.29 is 0 Å². The van der Waals surface area contributed by atoms with Gasteiger partial charge in [0, 0.05) is 19.0 Å². The van der Waals surface area contributed by atoms with Crippen LogP contribution < -0.4 is 11.0 Å². The van der Waals surface area contributed by atoms with Crippen LogP contribution in [0.3, 0.4) is 0 Å². The molecule has 0 amide bonds. The highest BCUT2D eigenvalue weighted by Crippen LogP contribution is 2.33. The number of aromatic nitrogens is 4. The van der Waals surface area contributed by atoms with Crippen LogP contribution in [0.1, 0.15) is 51.8 Å². The molecule has 0 spiro atoms. The van der Waals surface area contributed by atoms with E-state index in [2.05, 4.69) is 41.0 Å². The third-order valence-electron chi connectivity index (χ3n) is 3.83. The summed E-state index contributed by atoms with van der Waals surface area (Å²) in [5, 5.41) is 3.26. The topological polar surface area (TPSA) is 75.6 Å². The Morgan fingerprint density at radius 3 is 2.68 bits per heavy atom. The lowest BCUT2D eigenvalue weighted by atomic mass is 10.2. The normalized spacial score (nSPS) is 14.4. The van der Waals surface area contributed by atoms with E-state index in [1.54, 1.807) is 4.57 Å². The van der Waals surface area contributed by atoms with Crippen molar-refractivity contribution >= 4 is 18.2 Å². The van der Waals surface area contributed by atoms with Gasteiger partial charge in [-0.05, 0) is 25.2 Å². The molecule has 1 fully saturated rings. The van der Waals surface area contributed by atoms with Crippen LogP contribution >= 0.6 is 12.4 Å². The van der Waals surface area contributed by atoms with E-state index in [0.717, 1.165) is 31.0 Å². The first-order valence-electron chi connectivity index (χ1n) is 7.84. The Morgan fingerprint density at radius 2 is 2.09 bits per heavy atom. The molecule has 3 rings (SSSR count). The molecule has 0 aromatic rings. The molecular weight excluding hydrogens is 302 g/mol. The highest BCUT2D eigenvalue weighted by molar-refractivity contribution is 5.85. The van der Waals surface area contributed by atoms with Gasteiger partial charge in [0.05, 0.1) is 0 Å². The average molecular weight is 326 g/mol. The summed E-state index contributed by atoms with van der Waals surface area (Å²) in [4.78, 5) is 24.5. The van der Waals surface area contributed by atoms with E-state index in [9.17, 15) is 4.79 Å². The Hall–Kier alpha value is -1.56. The average Bonchev–Trinajstić information content (AvgIpc) is 3.15. The summed E-state index contributed by atoms with van der Waals surface area (Å²) in [7, 11) is 0. The smallest absolute Gasteiger partial charge is 0.328 e. The first-order valence-corrected chi connectivity index (χ1v) is 7.84. The lowest BCUT2D eigenvalue weighted by Crippen LogP contribution is -2.28. The van der Waals surface area contributed by atoms with Gasteiger partial charge < -0.3 is 5.32 Å². The van der Waals surface area contributed by atoms with Gasteiger partial charge in [0.15, 0.2) is 5.82 Å². The van der Waals surface area contributed by atoms with Crippen molar-refractivity contribution in [2.45, 2.75) is 52.5 Å². The van der Waals surface area contributed by atoms with Crippen molar-refractivity contribution in [3.63, 3.8) is 0 Å². The van der Waals surface area contributed by atoms with Gasteiger partial charge in [-0.1, -0.05) is 20.8 Å². The van der Waals surface area contributed by atoms with Crippen molar-refractivity contribution in [1.29, 1.82) is 0 Å². The van der Waals surface area contributed by atoms with Crippen LogP contribution in [0.2, 0.25) is 0 Å². The van der Waals surface area contributed by atoms with E-state index in [0.29, 0.717) is 17.6 Å². The number of aromatic amines is 1. The van der Waals surface area contributed by atoms with Gasteiger partial charge in [-0.3, -0.25) is 9.55 Å². The van der Waals surface area contributed by atoms with Crippen molar-refractivity contribution in [2.24, 2.45) is 5.92 Å². The molecule has 7 heteroatoms. The molecule has 1 aliphatic carbocycles. The van der Waals surface area contributed by atoms with Crippen LogP contribution in [0.4, 0.5) is 5.82 Å². The van der Waals surface area contributed by atoms with E-state index in [4.69, 9.17) is 0 Å². The largest absolute Gasteiger partial charge is 0.370 e. The summed E-state index contributed by atoms with van der Waals surface area (Å²) in [5.74, 6) is 3.08. The van der Waals surface area contributed by atoms with Crippen LogP contribution in [0, 0.1) is 5.92 Å². The highest BCUT2D eigenvalue weighted by Gasteiger charge is 2.28. The quantitative estimate of drug-likeness (QED) is 0.856. The first-order chi connectivity index (χ1) is 10.1. The van der Waals surface area contributed by atoms with E-state index in [1.165, 1.54) is 12.8 Å². The molecule has 22 heavy (non-hydrogen) atoms. The lowest BCUT2D eigenvalue weighted by Gasteiger charge is -2.13. The minimum atomic E-state index is -0.0943. The fraction of sp³-hybridized carbons (Fsp3) is 0.667. The Morgan fingerprint density at radius 1 is 1.36 bits per heavy atom. The summed E-state index contributed by atoms with van der Waals surface area (Å²) in [6.45, 7) is 7.78. The molecule has 122 valence electrons. The summed E-state index contributed by atoms with van der Waals surface area (Å²) < 4.78 is 1.75. The second kappa shape index (κ2) is 6.69. The molecule has 6 nitrogen and oxygen atoms in total. The van der Waals surface area contributed by atoms with E-state index in [-0.39, 0.29) is 24.0 Å². The highest BCUT2D eigenvalue weighted by atomic mass is 35.5. The Bertz CT molecular complexity index is 659. The number of imidazole rings is 1. The lowest BCUT2D eigenvalue weighted by molar-refractivity contribution is 0.591. The number of H-pyrrole nitrogens is 1. The third kappa shape index (κ3) is 3.27.